The van der Waals surface area contributed by atoms with Crippen molar-refractivity contribution < 1.29 is 8.42 Å². The number of hydrogen-bond donors (Lipinski definition) is 2. The van der Waals surface area contributed by atoms with E-state index in [0.717, 1.165) is 24.9 Å². The van der Waals surface area contributed by atoms with E-state index in [9.17, 15) is 8.42 Å². The van der Waals surface area contributed by atoms with Gasteiger partial charge in [0.25, 0.3) is 0 Å². The van der Waals surface area contributed by atoms with Crippen LogP contribution in [-0.4, -0.2) is 15.0 Å². The number of halogens is 1. The lowest BCUT2D eigenvalue weighted by Gasteiger charge is -2.11. The zero-order valence-electron chi connectivity index (χ0n) is 8.66. The van der Waals surface area contributed by atoms with Gasteiger partial charge in [0, 0.05) is 11.0 Å². The van der Waals surface area contributed by atoms with Crippen molar-refractivity contribution in [3.8, 4) is 0 Å². The summed E-state index contributed by atoms with van der Waals surface area (Å²) in [7, 11) is -3.65. The molecule has 0 saturated carbocycles. The molecule has 1 aliphatic rings. The first-order valence-corrected chi connectivity index (χ1v) is 7.38. The van der Waals surface area contributed by atoms with Crippen molar-refractivity contribution in [3.63, 3.8) is 0 Å². The van der Waals surface area contributed by atoms with Crippen LogP contribution in [0.5, 0.6) is 0 Å². The number of sulfonamides is 1. The second-order valence-corrected chi connectivity index (χ2v) is 6.16. The Kier molecular flexibility index (Phi) is 3.34. The number of rotatable bonds is 1. The third-order valence-corrected chi connectivity index (χ3v) is 4.83. The van der Waals surface area contributed by atoms with Gasteiger partial charge in [0.1, 0.15) is 0 Å². The summed E-state index contributed by atoms with van der Waals surface area (Å²) in [4.78, 5) is 0.162. The highest BCUT2D eigenvalue weighted by Crippen LogP contribution is 2.29. The third-order valence-electron chi connectivity index (χ3n) is 2.71. The molecule has 0 unspecified atom stereocenters. The van der Waals surface area contributed by atoms with Gasteiger partial charge in [-0.2, -0.15) is 0 Å². The maximum absolute atomic E-state index is 11.4. The molecule has 6 heteroatoms. The molecule has 0 radical (unpaired) electrons. The molecule has 2 rings (SSSR count). The van der Waals surface area contributed by atoms with Crippen LogP contribution in [-0.2, 0) is 23.0 Å². The summed E-state index contributed by atoms with van der Waals surface area (Å²) >= 11 is 3.34. The van der Waals surface area contributed by atoms with Crippen molar-refractivity contribution in [2.45, 2.75) is 24.3 Å². The molecule has 0 aliphatic carbocycles. The first-order chi connectivity index (χ1) is 7.50. The minimum atomic E-state index is -3.65. The molecular formula is C10H13BrN2O2S. The fourth-order valence-corrected chi connectivity index (χ4v) is 3.74. The van der Waals surface area contributed by atoms with Gasteiger partial charge in [0.15, 0.2) is 0 Å². The average molecular weight is 305 g/mol. The summed E-state index contributed by atoms with van der Waals surface area (Å²) in [6.45, 7) is 1.63. The Hall–Kier alpha value is -0.430. The topological polar surface area (TPSA) is 72.2 Å². The summed E-state index contributed by atoms with van der Waals surface area (Å²) in [6.07, 6.45) is 2.03. The molecule has 0 fully saturated rings. The molecule has 0 amide bonds. The largest absolute Gasteiger partial charge is 0.313 e. The van der Waals surface area contributed by atoms with Crippen LogP contribution >= 0.6 is 15.9 Å². The van der Waals surface area contributed by atoms with Gasteiger partial charge in [-0.1, -0.05) is 6.07 Å². The van der Waals surface area contributed by atoms with Gasteiger partial charge >= 0.3 is 0 Å². The Labute approximate surface area is 103 Å². The predicted octanol–water partition coefficient (Wildman–Crippen LogP) is 1.13. The fraction of sp³-hybridized carbons (Fsp3) is 0.400. The van der Waals surface area contributed by atoms with Crippen LogP contribution in [0.15, 0.2) is 21.5 Å². The lowest BCUT2D eigenvalue weighted by Crippen LogP contribution is -2.16. The van der Waals surface area contributed by atoms with Crippen LogP contribution in [0, 0.1) is 0 Å². The molecule has 88 valence electrons. The number of nitrogens with one attached hydrogen (secondary N) is 1. The second kappa shape index (κ2) is 4.44. The Morgan fingerprint density at radius 1 is 1.38 bits per heavy atom. The minimum absolute atomic E-state index is 0.162. The predicted molar refractivity (Wildman–Crippen MR) is 65.5 cm³/mol. The van der Waals surface area contributed by atoms with E-state index in [4.69, 9.17) is 5.14 Å². The average Bonchev–Trinajstić information content (AvgIpc) is 2.41. The smallest absolute Gasteiger partial charge is 0.239 e. The van der Waals surface area contributed by atoms with Crippen molar-refractivity contribution >= 4 is 26.0 Å². The molecule has 0 atom stereocenters. The molecule has 16 heavy (non-hydrogen) atoms. The van der Waals surface area contributed by atoms with Crippen LogP contribution < -0.4 is 10.5 Å². The van der Waals surface area contributed by atoms with E-state index in [-0.39, 0.29) is 4.90 Å². The number of fused-ring (bicyclic) bond motifs is 1. The van der Waals surface area contributed by atoms with E-state index in [1.165, 1.54) is 5.56 Å². The van der Waals surface area contributed by atoms with E-state index < -0.39 is 10.0 Å². The maximum Gasteiger partial charge on any atom is 0.239 e. The first kappa shape index (κ1) is 12.0. The first-order valence-electron chi connectivity index (χ1n) is 5.04. The molecule has 4 nitrogen and oxygen atoms in total. The Morgan fingerprint density at radius 3 is 2.81 bits per heavy atom. The SMILES string of the molecule is NS(=O)(=O)c1ccc2c(c1Br)CNCCC2. The van der Waals surface area contributed by atoms with E-state index >= 15 is 0 Å². The van der Waals surface area contributed by atoms with E-state index in [0.29, 0.717) is 11.0 Å². The maximum atomic E-state index is 11.4. The molecule has 0 saturated heterocycles. The normalized spacial score (nSPS) is 16.6. The van der Waals surface area contributed by atoms with Crippen LogP contribution in [0.1, 0.15) is 17.5 Å². The quantitative estimate of drug-likeness (QED) is 0.817. The molecule has 0 bridgehead atoms. The Morgan fingerprint density at radius 2 is 2.12 bits per heavy atom. The van der Waals surface area contributed by atoms with Crippen LogP contribution in [0.25, 0.3) is 0 Å². The van der Waals surface area contributed by atoms with Crippen molar-refractivity contribution in [3.05, 3.63) is 27.7 Å². The summed E-state index contributed by atoms with van der Waals surface area (Å²) in [5, 5.41) is 8.41. The van der Waals surface area contributed by atoms with Gasteiger partial charge in [-0.25, -0.2) is 13.6 Å². The molecule has 1 aliphatic heterocycles. The summed E-state index contributed by atoms with van der Waals surface area (Å²) in [5.41, 5.74) is 2.19. The lowest BCUT2D eigenvalue weighted by atomic mass is 10.0. The number of nitrogens with two attached hydrogens (primary N) is 1. The molecule has 1 aromatic rings. The van der Waals surface area contributed by atoms with E-state index in [2.05, 4.69) is 21.2 Å². The van der Waals surface area contributed by atoms with Gasteiger partial charge in [-0.3, -0.25) is 0 Å². The molecular weight excluding hydrogens is 292 g/mol. The molecule has 1 heterocycles. The van der Waals surface area contributed by atoms with Crippen molar-refractivity contribution in [1.82, 2.24) is 5.32 Å². The molecule has 3 N–H and O–H groups in total. The molecule has 0 spiro atoms. The summed E-state index contributed by atoms with van der Waals surface area (Å²) in [6, 6.07) is 3.43. The van der Waals surface area contributed by atoms with Crippen molar-refractivity contribution in [2.75, 3.05) is 6.54 Å². The highest BCUT2D eigenvalue weighted by atomic mass is 79.9. The van der Waals surface area contributed by atoms with Gasteiger partial charge in [0.2, 0.25) is 10.0 Å². The third kappa shape index (κ3) is 2.29. The highest BCUT2D eigenvalue weighted by molar-refractivity contribution is 9.10. The minimum Gasteiger partial charge on any atom is -0.313 e. The standard InChI is InChI=1S/C10H13BrN2O2S/c11-10-8-6-13-5-1-2-7(8)3-4-9(10)16(12,14)15/h3-4,13H,1-2,5-6H2,(H2,12,14,15). The monoisotopic (exact) mass is 304 g/mol. The van der Waals surface area contributed by atoms with Crippen molar-refractivity contribution in [2.24, 2.45) is 5.14 Å². The van der Waals surface area contributed by atoms with Crippen LogP contribution in [0.2, 0.25) is 0 Å². The Bertz CT molecular complexity index is 514. The zero-order valence-corrected chi connectivity index (χ0v) is 11.1. The van der Waals surface area contributed by atoms with Crippen LogP contribution in [0.4, 0.5) is 0 Å². The van der Waals surface area contributed by atoms with E-state index in [1.807, 2.05) is 6.07 Å². The number of aryl methyl sites for hydroxylation is 1. The molecule has 0 aromatic heterocycles. The van der Waals surface area contributed by atoms with E-state index in [1.54, 1.807) is 6.07 Å². The second-order valence-electron chi connectivity index (χ2n) is 3.84. The number of hydrogen-bond acceptors (Lipinski definition) is 3. The lowest BCUT2D eigenvalue weighted by molar-refractivity contribution is 0.597. The van der Waals surface area contributed by atoms with Gasteiger partial charge in [-0.05, 0) is 52.5 Å². The number of primary sulfonamides is 1. The van der Waals surface area contributed by atoms with Gasteiger partial charge < -0.3 is 5.32 Å². The number of benzene rings is 1. The summed E-state index contributed by atoms with van der Waals surface area (Å²) in [5.74, 6) is 0. The van der Waals surface area contributed by atoms with Gasteiger partial charge in [-0.15, -0.1) is 0 Å². The summed E-state index contributed by atoms with van der Waals surface area (Å²) < 4.78 is 23.3. The van der Waals surface area contributed by atoms with Gasteiger partial charge in [0.05, 0.1) is 4.90 Å². The van der Waals surface area contributed by atoms with Crippen molar-refractivity contribution in [1.29, 1.82) is 0 Å². The fourth-order valence-electron chi connectivity index (χ4n) is 1.90. The zero-order chi connectivity index (χ0) is 11.8. The molecule has 1 aromatic carbocycles. The van der Waals surface area contributed by atoms with Crippen LogP contribution in [0.3, 0.4) is 0 Å². The highest BCUT2D eigenvalue weighted by Gasteiger charge is 2.19. The Balaban J connectivity index is 2.59.